The van der Waals surface area contributed by atoms with Crippen molar-refractivity contribution in [3.05, 3.63) is 52.3 Å². The molecular weight excluding hydrogens is 367 g/mol. The highest BCUT2D eigenvalue weighted by atomic mass is 79.9. The fraction of sp³-hybridized carbons (Fsp3) is 0.235. The number of hydrogen-bond acceptors (Lipinski definition) is 4. The van der Waals surface area contributed by atoms with Crippen molar-refractivity contribution in [2.75, 3.05) is 19.8 Å². The number of rotatable bonds is 6. The van der Waals surface area contributed by atoms with Gasteiger partial charge in [-0.25, -0.2) is 9.18 Å². The summed E-state index contributed by atoms with van der Waals surface area (Å²) in [6.07, 6.45) is 0. The highest BCUT2D eigenvalue weighted by Crippen LogP contribution is 2.38. The molecule has 2 aromatic rings. The van der Waals surface area contributed by atoms with Crippen LogP contribution in [0.5, 0.6) is 5.75 Å². The van der Waals surface area contributed by atoms with Gasteiger partial charge in [0.25, 0.3) is 0 Å². The molecule has 6 heteroatoms. The number of hydrogen-bond donors (Lipinski definition) is 1. The molecule has 0 bridgehead atoms. The van der Waals surface area contributed by atoms with Crippen LogP contribution in [0.25, 0.3) is 11.1 Å². The highest BCUT2D eigenvalue weighted by Gasteiger charge is 2.17. The molecule has 0 aromatic heterocycles. The van der Waals surface area contributed by atoms with E-state index in [0.29, 0.717) is 26.9 Å². The SMILES string of the molecule is CCOC(=O)c1cc(Br)c(OCCO)c(-c2cccc(F)c2)c1. The van der Waals surface area contributed by atoms with Gasteiger partial charge in [0, 0.05) is 5.56 Å². The Morgan fingerprint density at radius 1 is 1.30 bits per heavy atom. The van der Waals surface area contributed by atoms with Gasteiger partial charge in [-0.05, 0) is 52.7 Å². The molecule has 0 heterocycles. The molecule has 0 saturated carbocycles. The molecule has 0 amide bonds. The molecule has 2 rings (SSSR count). The van der Waals surface area contributed by atoms with Gasteiger partial charge in [0.05, 0.1) is 23.2 Å². The van der Waals surface area contributed by atoms with Crippen LogP contribution in [0.15, 0.2) is 40.9 Å². The average Bonchev–Trinajstić information content (AvgIpc) is 2.53. The van der Waals surface area contributed by atoms with Crippen molar-refractivity contribution in [3.63, 3.8) is 0 Å². The number of aliphatic hydroxyl groups is 1. The van der Waals surface area contributed by atoms with E-state index >= 15 is 0 Å². The van der Waals surface area contributed by atoms with Crippen LogP contribution in [0.2, 0.25) is 0 Å². The Kier molecular flexibility index (Phi) is 6.12. The van der Waals surface area contributed by atoms with Crippen LogP contribution in [0.4, 0.5) is 4.39 Å². The summed E-state index contributed by atoms with van der Waals surface area (Å²) in [6, 6.07) is 9.14. The first-order valence-electron chi connectivity index (χ1n) is 7.07. The molecule has 122 valence electrons. The van der Waals surface area contributed by atoms with E-state index in [2.05, 4.69) is 15.9 Å². The Bertz CT molecular complexity index is 703. The fourth-order valence-electron chi connectivity index (χ4n) is 2.09. The van der Waals surface area contributed by atoms with Crippen LogP contribution in [-0.4, -0.2) is 30.9 Å². The van der Waals surface area contributed by atoms with Gasteiger partial charge < -0.3 is 14.6 Å². The van der Waals surface area contributed by atoms with Crippen molar-refractivity contribution in [1.82, 2.24) is 0 Å². The largest absolute Gasteiger partial charge is 0.489 e. The molecule has 0 spiro atoms. The maximum atomic E-state index is 13.5. The van der Waals surface area contributed by atoms with Gasteiger partial charge in [0.1, 0.15) is 18.2 Å². The maximum absolute atomic E-state index is 13.5. The minimum atomic E-state index is -0.473. The van der Waals surface area contributed by atoms with Crippen LogP contribution in [0.3, 0.4) is 0 Å². The number of esters is 1. The van der Waals surface area contributed by atoms with Gasteiger partial charge in [-0.2, -0.15) is 0 Å². The molecule has 0 fully saturated rings. The summed E-state index contributed by atoms with van der Waals surface area (Å²) < 4.78 is 24.6. The Labute approximate surface area is 142 Å². The van der Waals surface area contributed by atoms with Gasteiger partial charge in [-0.3, -0.25) is 0 Å². The molecule has 0 atom stereocenters. The van der Waals surface area contributed by atoms with E-state index in [0.717, 1.165) is 0 Å². The normalized spacial score (nSPS) is 10.4. The fourth-order valence-corrected chi connectivity index (χ4v) is 2.67. The number of halogens is 2. The summed E-state index contributed by atoms with van der Waals surface area (Å²) in [5, 5.41) is 8.96. The van der Waals surface area contributed by atoms with E-state index in [1.165, 1.54) is 12.1 Å². The van der Waals surface area contributed by atoms with Crippen molar-refractivity contribution in [2.45, 2.75) is 6.92 Å². The highest BCUT2D eigenvalue weighted by molar-refractivity contribution is 9.10. The Morgan fingerprint density at radius 2 is 2.09 bits per heavy atom. The number of ether oxygens (including phenoxy) is 2. The van der Waals surface area contributed by atoms with Gasteiger partial charge in [-0.15, -0.1) is 0 Å². The third-order valence-electron chi connectivity index (χ3n) is 3.03. The van der Waals surface area contributed by atoms with Gasteiger partial charge in [0.2, 0.25) is 0 Å². The predicted octanol–water partition coefficient (Wildman–Crippen LogP) is 3.80. The van der Waals surface area contributed by atoms with Crippen molar-refractivity contribution in [2.24, 2.45) is 0 Å². The summed E-state index contributed by atoms with van der Waals surface area (Å²) >= 11 is 3.36. The summed E-state index contributed by atoms with van der Waals surface area (Å²) in [6.45, 7) is 1.90. The first-order valence-corrected chi connectivity index (χ1v) is 7.86. The topological polar surface area (TPSA) is 55.8 Å². The molecule has 0 aliphatic rings. The summed E-state index contributed by atoms with van der Waals surface area (Å²) in [7, 11) is 0. The monoisotopic (exact) mass is 382 g/mol. The molecule has 0 unspecified atom stereocenters. The molecule has 23 heavy (non-hydrogen) atoms. The van der Waals surface area contributed by atoms with Crippen molar-refractivity contribution in [1.29, 1.82) is 0 Å². The number of benzene rings is 2. The summed E-state index contributed by atoms with van der Waals surface area (Å²) in [5.41, 5.74) is 1.43. The Morgan fingerprint density at radius 3 is 2.74 bits per heavy atom. The van der Waals surface area contributed by atoms with Gasteiger partial charge >= 0.3 is 5.97 Å². The molecule has 0 aliphatic carbocycles. The standard InChI is InChI=1S/C17H16BrFO4/c1-2-22-17(21)12-9-14(11-4-3-5-13(19)8-11)16(15(18)10-12)23-7-6-20/h3-5,8-10,20H,2,6-7H2,1H3. The minimum Gasteiger partial charge on any atom is -0.489 e. The number of carbonyl (C=O) groups is 1. The second-order valence-corrected chi connectivity index (χ2v) is 5.49. The third kappa shape index (κ3) is 4.30. The molecule has 0 radical (unpaired) electrons. The van der Waals surface area contributed by atoms with Crippen molar-refractivity contribution < 1.29 is 23.8 Å². The lowest BCUT2D eigenvalue weighted by Crippen LogP contribution is -2.07. The smallest absolute Gasteiger partial charge is 0.338 e. The lowest BCUT2D eigenvalue weighted by atomic mass is 10.0. The third-order valence-corrected chi connectivity index (χ3v) is 3.62. The zero-order valence-corrected chi connectivity index (χ0v) is 14.1. The predicted molar refractivity (Wildman–Crippen MR) is 88.1 cm³/mol. The number of aliphatic hydroxyl groups excluding tert-OH is 1. The second kappa shape index (κ2) is 8.08. The molecule has 2 aromatic carbocycles. The second-order valence-electron chi connectivity index (χ2n) is 4.64. The van der Waals surface area contributed by atoms with Gasteiger partial charge in [-0.1, -0.05) is 12.1 Å². The molecule has 4 nitrogen and oxygen atoms in total. The zero-order chi connectivity index (χ0) is 16.8. The average molecular weight is 383 g/mol. The maximum Gasteiger partial charge on any atom is 0.338 e. The van der Waals surface area contributed by atoms with Gasteiger partial charge in [0.15, 0.2) is 0 Å². The molecule has 0 saturated heterocycles. The van der Waals surface area contributed by atoms with Crippen LogP contribution < -0.4 is 4.74 Å². The van der Waals surface area contributed by atoms with Crippen LogP contribution in [-0.2, 0) is 4.74 Å². The van der Waals surface area contributed by atoms with Crippen molar-refractivity contribution in [3.8, 4) is 16.9 Å². The van der Waals surface area contributed by atoms with Crippen LogP contribution >= 0.6 is 15.9 Å². The van der Waals surface area contributed by atoms with E-state index in [9.17, 15) is 9.18 Å². The lowest BCUT2D eigenvalue weighted by Gasteiger charge is -2.15. The van der Waals surface area contributed by atoms with Crippen LogP contribution in [0, 0.1) is 5.82 Å². The van der Waals surface area contributed by atoms with E-state index in [4.69, 9.17) is 14.6 Å². The first-order chi connectivity index (χ1) is 11.1. The van der Waals surface area contributed by atoms with Crippen molar-refractivity contribution >= 4 is 21.9 Å². The summed E-state index contributed by atoms with van der Waals surface area (Å²) in [4.78, 5) is 12.0. The van der Waals surface area contributed by atoms with Crippen LogP contribution in [0.1, 0.15) is 17.3 Å². The Hall–Kier alpha value is -1.92. The lowest BCUT2D eigenvalue weighted by molar-refractivity contribution is 0.0526. The molecule has 1 N–H and O–H groups in total. The van der Waals surface area contributed by atoms with E-state index in [-0.39, 0.29) is 19.8 Å². The zero-order valence-electron chi connectivity index (χ0n) is 12.5. The Balaban J connectivity index is 2.56. The molecule has 0 aliphatic heterocycles. The van der Waals surface area contributed by atoms with E-state index in [1.807, 2.05) is 0 Å². The quantitative estimate of drug-likeness (QED) is 0.771. The minimum absolute atomic E-state index is 0.0830. The summed E-state index contributed by atoms with van der Waals surface area (Å²) in [5.74, 6) is -0.439. The van der Waals surface area contributed by atoms with E-state index in [1.54, 1.807) is 31.2 Å². The number of carbonyl (C=O) groups excluding carboxylic acids is 1. The first kappa shape index (κ1) is 17.4. The molecular formula is C17H16BrFO4. The van der Waals surface area contributed by atoms with E-state index < -0.39 is 11.8 Å².